The van der Waals surface area contributed by atoms with Gasteiger partial charge in [0.25, 0.3) is 0 Å². The lowest BCUT2D eigenvalue weighted by molar-refractivity contribution is -0.115. The number of hydrogen-bond donors (Lipinski definition) is 1. The molecule has 0 bridgehead atoms. The molecule has 3 aromatic rings. The summed E-state index contributed by atoms with van der Waals surface area (Å²) in [6, 6.07) is 12.6. The first-order valence-electron chi connectivity index (χ1n) is 7.72. The van der Waals surface area contributed by atoms with E-state index in [1.807, 2.05) is 24.3 Å². The molecule has 0 aliphatic carbocycles. The standard InChI is InChI=1S/C18H15ClN2O3S2/c1-24-17(23)11-2-7-14-15(10-11)26-18(20-14)21-16(22)8-9-25-13-5-3-12(19)4-6-13/h2-7,10H,8-9H2,1H3,(H,20,21,22). The fourth-order valence-corrected chi connectivity index (χ4v) is 4.10. The average Bonchev–Trinajstić information content (AvgIpc) is 3.03. The van der Waals surface area contributed by atoms with Crippen molar-refractivity contribution in [2.45, 2.75) is 11.3 Å². The van der Waals surface area contributed by atoms with Gasteiger partial charge in [-0.05, 0) is 42.5 Å². The molecule has 0 saturated carbocycles. The molecule has 26 heavy (non-hydrogen) atoms. The molecule has 1 aromatic heterocycles. The fourth-order valence-electron chi connectivity index (χ4n) is 2.20. The van der Waals surface area contributed by atoms with E-state index in [-0.39, 0.29) is 5.91 Å². The molecule has 0 aliphatic rings. The SMILES string of the molecule is COC(=O)c1ccc2nc(NC(=O)CCSc3ccc(Cl)cc3)sc2c1. The Labute approximate surface area is 163 Å². The lowest BCUT2D eigenvalue weighted by atomic mass is 10.2. The van der Waals surface area contributed by atoms with E-state index in [1.54, 1.807) is 30.0 Å². The lowest BCUT2D eigenvalue weighted by Gasteiger charge is -2.02. The first-order valence-corrected chi connectivity index (χ1v) is 9.90. The van der Waals surface area contributed by atoms with Crippen LogP contribution in [0.25, 0.3) is 10.2 Å². The van der Waals surface area contributed by atoms with Crippen LogP contribution in [-0.2, 0) is 9.53 Å². The van der Waals surface area contributed by atoms with Crippen LogP contribution in [0.3, 0.4) is 0 Å². The number of methoxy groups -OCH3 is 1. The molecule has 8 heteroatoms. The van der Waals surface area contributed by atoms with Crippen LogP contribution in [0.15, 0.2) is 47.4 Å². The quantitative estimate of drug-likeness (QED) is 0.467. The van der Waals surface area contributed by atoms with E-state index in [9.17, 15) is 9.59 Å². The second kappa shape index (κ2) is 8.53. The first kappa shape index (κ1) is 18.7. The number of esters is 1. The summed E-state index contributed by atoms with van der Waals surface area (Å²) in [7, 11) is 1.34. The second-order valence-corrected chi connectivity index (χ2v) is 7.93. The van der Waals surface area contributed by atoms with Gasteiger partial charge in [0, 0.05) is 22.1 Å². The minimum atomic E-state index is -0.398. The van der Waals surface area contributed by atoms with Crippen molar-refractivity contribution in [3.63, 3.8) is 0 Å². The van der Waals surface area contributed by atoms with Gasteiger partial charge in [0.05, 0.1) is 22.9 Å². The van der Waals surface area contributed by atoms with Crippen molar-refractivity contribution in [3.05, 3.63) is 53.1 Å². The van der Waals surface area contributed by atoms with Gasteiger partial charge in [-0.2, -0.15) is 0 Å². The molecule has 0 aliphatic heterocycles. The van der Waals surface area contributed by atoms with E-state index in [0.717, 1.165) is 15.1 Å². The zero-order valence-electron chi connectivity index (χ0n) is 13.8. The van der Waals surface area contributed by atoms with Crippen LogP contribution >= 0.6 is 34.7 Å². The molecule has 0 radical (unpaired) electrons. The molecule has 0 unspecified atom stereocenters. The van der Waals surface area contributed by atoms with Gasteiger partial charge in [-0.1, -0.05) is 22.9 Å². The highest BCUT2D eigenvalue weighted by Gasteiger charge is 2.11. The number of ether oxygens (including phenoxy) is 1. The Morgan fingerprint density at radius 3 is 2.73 bits per heavy atom. The van der Waals surface area contributed by atoms with E-state index in [2.05, 4.69) is 10.3 Å². The highest BCUT2D eigenvalue weighted by Crippen LogP contribution is 2.27. The van der Waals surface area contributed by atoms with Gasteiger partial charge in [-0.3, -0.25) is 4.79 Å². The molecule has 1 amide bonds. The maximum absolute atomic E-state index is 12.1. The molecule has 0 atom stereocenters. The van der Waals surface area contributed by atoms with Crippen LogP contribution in [0.4, 0.5) is 5.13 Å². The number of nitrogens with zero attached hydrogens (tertiary/aromatic N) is 1. The number of thioether (sulfide) groups is 1. The van der Waals surface area contributed by atoms with Crippen LogP contribution in [0.2, 0.25) is 5.02 Å². The summed E-state index contributed by atoms with van der Waals surface area (Å²) in [4.78, 5) is 29.1. The number of carbonyl (C=O) groups excluding carboxylic acids is 2. The number of fused-ring (bicyclic) bond motifs is 1. The third-order valence-corrected chi connectivity index (χ3v) is 5.67. The van der Waals surface area contributed by atoms with Gasteiger partial charge in [-0.15, -0.1) is 11.8 Å². The number of benzene rings is 2. The monoisotopic (exact) mass is 406 g/mol. The Morgan fingerprint density at radius 2 is 2.00 bits per heavy atom. The number of nitrogens with one attached hydrogen (secondary N) is 1. The molecule has 0 saturated heterocycles. The van der Waals surface area contributed by atoms with Crippen molar-refractivity contribution >= 4 is 61.9 Å². The molecular weight excluding hydrogens is 392 g/mol. The smallest absolute Gasteiger partial charge is 0.337 e. The van der Waals surface area contributed by atoms with E-state index < -0.39 is 5.97 Å². The average molecular weight is 407 g/mol. The molecule has 0 fully saturated rings. The van der Waals surface area contributed by atoms with Gasteiger partial charge in [0.2, 0.25) is 5.91 Å². The minimum absolute atomic E-state index is 0.0984. The van der Waals surface area contributed by atoms with E-state index in [4.69, 9.17) is 16.3 Å². The first-order chi connectivity index (χ1) is 12.5. The maximum Gasteiger partial charge on any atom is 0.337 e. The summed E-state index contributed by atoms with van der Waals surface area (Å²) in [5, 5.41) is 4.02. The molecule has 1 heterocycles. The summed E-state index contributed by atoms with van der Waals surface area (Å²) in [5.74, 6) is 0.161. The predicted molar refractivity (Wildman–Crippen MR) is 106 cm³/mol. The normalized spacial score (nSPS) is 10.7. The Bertz CT molecular complexity index is 941. The molecule has 2 aromatic carbocycles. The third-order valence-electron chi connectivity index (χ3n) is 3.47. The van der Waals surface area contributed by atoms with Gasteiger partial charge >= 0.3 is 5.97 Å². The molecule has 5 nitrogen and oxygen atoms in total. The number of rotatable bonds is 6. The van der Waals surface area contributed by atoms with Crippen LogP contribution in [0.1, 0.15) is 16.8 Å². The number of anilines is 1. The van der Waals surface area contributed by atoms with Gasteiger partial charge in [0.1, 0.15) is 0 Å². The van der Waals surface area contributed by atoms with Crippen molar-refractivity contribution in [2.24, 2.45) is 0 Å². The fraction of sp³-hybridized carbons (Fsp3) is 0.167. The van der Waals surface area contributed by atoms with Gasteiger partial charge in [0.15, 0.2) is 5.13 Å². The van der Waals surface area contributed by atoms with Crippen molar-refractivity contribution < 1.29 is 14.3 Å². The van der Waals surface area contributed by atoms with E-state index in [1.165, 1.54) is 18.4 Å². The number of carbonyl (C=O) groups is 2. The zero-order chi connectivity index (χ0) is 18.5. The summed E-state index contributed by atoms with van der Waals surface area (Å²) in [6.45, 7) is 0. The third kappa shape index (κ3) is 4.75. The number of aromatic nitrogens is 1. The van der Waals surface area contributed by atoms with Crippen LogP contribution in [0.5, 0.6) is 0 Å². The van der Waals surface area contributed by atoms with E-state index in [0.29, 0.717) is 27.9 Å². The molecule has 3 rings (SSSR count). The molecule has 1 N–H and O–H groups in total. The van der Waals surface area contributed by atoms with Crippen molar-refractivity contribution in [1.29, 1.82) is 0 Å². The minimum Gasteiger partial charge on any atom is -0.465 e. The number of thiazole rings is 1. The van der Waals surface area contributed by atoms with Crippen molar-refractivity contribution in [1.82, 2.24) is 4.98 Å². The largest absolute Gasteiger partial charge is 0.465 e. The Hall–Kier alpha value is -2.09. The highest BCUT2D eigenvalue weighted by atomic mass is 35.5. The van der Waals surface area contributed by atoms with Crippen LogP contribution in [-0.4, -0.2) is 29.7 Å². The second-order valence-electron chi connectivity index (χ2n) is 5.29. The Morgan fingerprint density at radius 1 is 1.23 bits per heavy atom. The van der Waals surface area contributed by atoms with Gasteiger partial charge in [-0.25, -0.2) is 9.78 Å². The zero-order valence-corrected chi connectivity index (χ0v) is 16.2. The summed E-state index contributed by atoms with van der Waals surface area (Å²) in [5.41, 5.74) is 1.19. The number of halogens is 1. The Balaban J connectivity index is 1.56. The highest BCUT2D eigenvalue weighted by molar-refractivity contribution is 7.99. The maximum atomic E-state index is 12.1. The molecule has 134 valence electrons. The van der Waals surface area contributed by atoms with Crippen LogP contribution < -0.4 is 5.32 Å². The van der Waals surface area contributed by atoms with Crippen molar-refractivity contribution in [2.75, 3.05) is 18.2 Å². The van der Waals surface area contributed by atoms with Crippen molar-refractivity contribution in [3.8, 4) is 0 Å². The van der Waals surface area contributed by atoms with Crippen LogP contribution in [0, 0.1) is 0 Å². The predicted octanol–water partition coefficient (Wildman–Crippen LogP) is 4.86. The summed E-state index contributed by atoms with van der Waals surface area (Å²) < 4.78 is 5.53. The Kier molecular flexibility index (Phi) is 6.13. The van der Waals surface area contributed by atoms with Gasteiger partial charge < -0.3 is 10.1 Å². The summed E-state index contributed by atoms with van der Waals surface area (Å²) >= 11 is 8.77. The molecular formula is C18H15ClN2O3S2. The molecule has 0 spiro atoms. The number of hydrogen-bond acceptors (Lipinski definition) is 6. The summed E-state index contributed by atoms with van der Waals surface area (Å²) in [6.07, 6.45) is 0.372. The lowest BCUT2D eigenvalue weighted by Crippen LogP contribution is -2.11. The number of amides is 1. The van der Waals surface area contributed by atoms with E-state index >= 15 is 0 Å². The topological polar surface area (TPSA) is 68.3 Å².